The third kappa shape index (κ3) is 1.53. The molecule has 12 heavy (non-hydrogen) atoms. The van der Waals surface area contributed by atoms with Gasteiger partial charge in [-0.1, -0.05) is 6.42 Å². The highest BCUT2D eigenvalue weighted by atomic mass is 16.1. The average Bonchev–Trinajstić information content (AvgIpc) is 2.03. The Labute approximate surface area is 73.7 Å². The minimum atomic E-state index is 0.351. The zero-order valence-electron chi connectivity index (χ0n) is 7.51. The predicted molar refractivity (Wildman–Crippen MR) is 47.9 cm³/mol. The minimum Gasteiger partial charge on any atom is -0.316 e. The summed E-state index contributed by atoms with van der Waals surface area (Å²) in [5, 5.41) is 3.30. The highest BCUT2D eigenvalue weighted by Crippen LogP contribution is 2.31. The Kier molecular flexibility index (Phi) is 2.45. The van der Waals surface area contributed by atoms with Gasteiger partial charge in [0.05, 0.1) is 0 Å². The maximum atomic E-state index is 11.7. The van der Waals surface area contributed by atoms with Crippen LogP contribution in [0.3, 0.4) is 0 Å². The second-order valence-corrected chi connectivity index (χ2v) is 4.07. The van der Waals surface area contributed by atoms with Gasteiger partial charge in [-0.2, -0.15) is 0 Å². The molecule has 2 rings (SSSR count). The van der Waals surface area contributed by atoms with Gasteiger partial charge in [0.2, 0.25) is 0 Å². The first-order valence-electron chi connectivity index (χ1n) is 5.12. The Hall–Kier alpha value is -0.370. The molecule has 1 atom stereocenters. The fourth-order valence-corrected chi connectivity index (χ4v) is 2.12. The molecule has 1 heterocycles. The summed E-state index contributed by atoms with van der Waals surface area (Å²) in [6.45, 7) is 2.05. The van der Waals surface area contributed by atoms with E-state index in [2.05, 4.69) is 5.32 Å². The number of carbonyl (C=O) groups is 1. The lowest BCUT2D eigenvalue weighted by atomic mass is 9.76. The molecule has 2 heteroatoms. The number of hydrogen-bond donors (Lipinski definition) is 1. The van der Waals surface area contributed by atoms with Gasteiger partial charge >= 0.3 is 0 Å². The Bertz CT molecular complexity index is 169. The van der Waals surface area contributed by atoms with Gasteiger partial charge in [0.15, 0.2) is 0 Å². The summed E-state index contributed by atoms with van der Waals surface area (Å²) in [5.41, 5.74) is 0. The lowest BCUT2D eigenvalue weighted by Gasteiger charge is -2.30. The van der Waals surface area contributed by atoms with Gasteiger partial charge < -0.3 is 5.32 Å². The molecule has 0 unspecified atom stereocenters. The van der Waals surface area contributed by atoms with Gasteiger partial charge in [0.25, 0.3) is 0 Å². The van der Waals surface area contributed by atoms with E-state index in [4.69, 9.17) is 0 Å². The topological polar surface area (TPSA) is 29.1 Å². The van der Waals surface area contributed by atoms with E-state index >= 15 is 0 Å². The molecule has 0 aromatic rings. The molecule has 68 valence electrons. The van der Waals surface area contributed by atoms with Gasteiger partial charge in [0.1, 0.15) is 5.78 Å². The van der Waals surface area contributed by atoms with Crippen molar-refractivity contribution in [2.24, 2.45) is 11.8 Å². The third-order valence-electron chi connectivity index (χ3n) is 3.21. The van der Waals surface area contributed by atoms with Crippen molar-refractivity contribution in [3.05, 3.63) is 0 Å². The van der Waals surface area contributed by atoms with Crippen LogP contribution in [-0.2, 0) is 4.79 Å². The van der Waals surface area contributed by atoms with E-state index < -0.39 is 0 Å². The first-order chi connectivity index (χ1) is 5.88. The van der Waals surface area contributed by atoms with Crippen molar-refractivity contribution in [2.45, 2.75) is 32.1 Å². The highest BCUT2D eigenvalue weighted by molar-refractivity contribution is 5.84. The largest absolute Gasteiger partial charge is 0.316 e. The Balaban J connectivity index is 1.84. The van der Waals surface area contributed by atoms with Crippen molar-refractivity contribution in [1.29, 1.82) is 0 Å². The summed E-state index contributed by atoms with van der Waals surface area (Å²) in [6, 6.07) is 0. The molecule has 0 bridgehead atoms. The van der Waals surface area contributed by atoms with Crippen LogP contribution >= 0.6 is 0 Å². The van der Waals surface area contributed by atoms with E-state index in [-0.39, 0.29) is 0 Å². The van der Waals surface area contributed by atoms with Crippen molar-refractivity contribution < 1.29 is 4.79 Å². The monoisotopic (exact) mass is 167 g/mol. The number of ketones is 1. The average molecular weight is 167 g/mol. The Morgan fingerprint density at radius 1 is 1.08 bits per heavy atom. The van der Waals surface area contributed by atoms with Crippen molar-refractivity contribution in [2.75, 3.05) is 13.1 Å². The standard InChI is InChI=1S/C10H17NO/c12-10(8-3-1-4-8)9-5-2-6-11-7-9/h8-9,11H,1-7H2/t9-/m0/s1. The van der Waals surface area contributed by atoms with Crippen LogP contribution in [0.25, 0.3) is 0 Å². The van der Waals surface area contributed by atoms with E-state index in [1.165, 1.54) is 12.8 Å². The van der Waals surface area contributed by atoms with Crippen LogP contribution in [0.2, 0.25) is 0 Å². The number of nitrogens with one attached hydrogen (secondary N) is 1. The third-order valence-corrected chi connectivity index (χ3v) is 3.21. The molecular weight excluding hydrogens is 150 g/mol. The number of Topliss-reactive ketones (excluding diaryl/α,β-unsaturated/α-hetero) is 1. The quantitative estimate of drug-likeness (QED) is 0.672. The van der Waals surface area contributed by atoms with E-state index in [0.29, 0.717) is 17.6 Å². The highest BCUT2D eigenvalue weighted by Gasteiger charge is 2.31. The SMILES string of the molecule is O=C(C1CCC1)[C@H]1CCCNC1. The van der Waals surface area contributed by atoms with E-state index in [1.54, 1.807) is 0 Å². The molecule has 1 aliphatic carbocycles. The van der Waals surface area contributed by atoms with Crippen LogP contribution in [0.15, 0.2) is 0 Å². The molecule has 0 amide bonds. The van der Waals surface area contributed by atoms with E-state index in [9.17, 15) is 4.79 Å². The summed E-state index contributed by atoms with van der Waals surface area (Å²) < 4.78 is 0. The maximum absolute atomic E-state index is 11.7. The molecule has 1 N–H and O–H groups in total. The summed E-state index contributed by atoms with van der Waals surface area (Å²) in [6.07, 6.45) is 5.91. The molecule has 0 radical (unpaired) electrons. The number of hydrogen-bond acceptors (Lipinski definition) is 2. The zero-order chi connectivity index (χ0) is 8.39. The van der Waals surface area contributed by atoms with Crippen LogP contribution in [0.5, 0.6) is 0 Å². The van der Waals surface area contributed by atoms with Crippen LogP contribution in [0.1, 0.15) is 32.1 Å². The van der Waals surface area contributed by atoms with Gasteiger partial charge in [-0.15, -0.1) is 0 Å². The number of carbonyl (C=O) groups excluding carboxylic acids is 1. The minimum absolute atomic E-state index is 0.351. The number of rotatable bonds is 2. The number of piperidine rings is 1. The fourth-order valence-electron chi connectivity index (χ4n) is 2.12. The molecule has 0 aromatic heterocycles. The van der Waals surface area contributed by atoms with Crippen LogP contribution in [0, 0.1) is 11.8 Å². The second-order valence-electron chi connectivity index (χ2n) is 4.07. The van der Waals surface area contributed by atoms with Gasteiger partial charge in [-0.3, -0.25) is 4.79 Å². The molecule has 2 fully saturated rings. The van der Waals surface area contributed by atoms with Crippen molar-refractivity contribution >= 4 is 5.78 Å². The fraction of sp³-hybridized carbons (Fsp3) is 0.900. The lowest BCUT2D eigenvalue weighted by molar-refractivity contribution is -0.129. The molecule has 1 aliphatic heterocycles. The van der Waals surface area contributed by atoms with Gasteiger partial charge in [0, 0.05) is 18.4 Å². The molecule has 1 saturated carbocycles. The van der Waals surface area contributed by atoms with Crippen LogP contribution in [-0.4, -0.2) is 18.9 Å². The first kappa shape index (κ1) is 8.24. The van der Waals surface area contributed by atoms with E-state index in [1.807, 2.05) is 0 Å². The molecule has 0 spiro atoms. The Morgan fingerprint density at radius 3 is 2.33 bits per heavy atom. The van der Waals surface area contributed by atoms with Crippen molar-refractivity contribution in [3.8, 4) is 0 Å². The molecule has 2 nitrogen and oxygen atoms in total. The summed E-state index contributed by atoms with van der Waals surface area (Å²) >= 11 is 0. The smallest absolute Gasteiger partial charge is 0.140 e. The maximum Gasteiger partial charge on any atom is 0.140 e. The van der Waals surface area contributed by atoms with Crippen molar-refractivity contribution in [3.63, 3.8) is 0 Å². The Morgan fingerprint density at radius 2 is 1.83 bits per heavy atom. The summed E-state index contributed by atoms with van der Waals surface area (Å²) in [5.74, 6) is 1.34. The normalized spacial score (nSPS) is 31.2. The molecular formula is C10H17NO. The van der Waals surface area contributed by atoms with E-state index in [0.717, 1.165) is 32.4 Å². The van der Waals surface area contributed by atoms with Gasteiger partial charge in [-0.05, 0) is 32.2 Å². The van der Waals surface area contributed by atoms with Crippen molar-refractivity contribution in [1.82, 2.24) is 5.32 Å². The van der Waals surface area contributed by atoms with Gasteiger partial charge in [-0.25, -0.2) is 0 Å². The second kappa shape index (κ2) is 3.56. The van der Waals surface area contributed by atoms with Crippen LogP contribution < -0.4 is 5.32 Å². The lowest BCUT2D eigenvalue weighted by Crippen LogP contribution is -2.38. The zero-order valence-corrected chi connectivity index (χ0v) is 7.51. The summed E-state index contributed by atoms with van der Waals surface area (Å²) in [7, 11) is 0. The molecule has 0 aromatic carbocycles. The molecule has 2 aliphatic rings. The predicted octanol–water partition coefficient (Wildman–Crippen LogP) is 1.36. The summed E-state index contributed by atoms with van der Waals surface area (Å²) in [4.78, 5) is 11.7. The molecule has 1 saturated heterocycles. The van der Waals surface area contributed by atoms with Crippen LogP contribution in [0.4, 0.5) is 0 Å². The first-order valence-corrected chi connectivity index (χ1v) is 5.12.